The number of halogens is 3. The van der Waals surface area contributed by atoms with Gasteiger partial charge in [0.1, 0.15) is 5.82 Å². The molecule has 2 amide bonds. The van der Waals surface area contributed by atoms with Gasteiger partial charge in [-0.05, 0) is 28.1 Å². The summed E-state index contributed by atoms with van der Waals surface area (Å²) in [5, 5.41) is 2.41. The zero-order valence-corrected chi connectivity index (χ0v) is 8.62. The van der Waals surface area contributed by atoms with E-state index in [0.717, 1.165) is 6.07 Å². The Kier molecular flexibility index (Phi) is 3.11. The number of nitrogens with two attached hydrogens (primary N) is 1. The Morgan fingerprint density at radius 3 is 2.77 bits per heavy atom. The highest BCUT2D eigenvalue weighted by molar-refractivity contribution is 9.10. The van der Waals surface area contributed by atoms with Gasteiger partial charge < -0.3 is 11.1 Å². The average molecular weight is 267 g/mol. The SMILES string of the molecule is NC(=O)Nc1cc(Cl)cc(F)c1Br. The summed E-state index contributed by atoms with van der Waals surface area (Å²) in [5.41, 5.74) is 5.06. The van der Waals surface area contributed by atoms with Gasteiger partial charge in [-0.3, -0.25) is 0 Å². The van der Waals surface area contributed by atoms with Crippen molar-refractivity contribution < 1.29 is 9.18 Å². The standard InChI is InChI=1S/C7H5BrClFN2O/c8-6-4(10)1-3(9)2-5(6)12-7(11)13/h1-2H,(H3,11,12,13). The lowest BCUT2D eigenvalue weighted by Gasteiger charge is -2.05. The molecule has 70 valence electrons. The van der Waals surface area contributed by atoms with E-state index in [1.807, 2.05) is 0 Å². The highest BCUT2D eigenvalue weighted by Gasteiger charge is 2.08. The lowest BCUT2D eigenvalue weighted by atomic mass is 10.3. The largest absolute Gasteiger partial charge is 0.351 e. The topological polar surface area (TPSA) is 55.1 Å². The van der Waals surface area contributed by atoms with Crippen LogP contribution in [0.1, 0.15) is 0 Å². The molecule has 1 rings (SSSR count). The molecule has 0 aliphatic rings. The molecule has 0 saturated heterocycles. The summed E-state index contributed by atoms with van der Waals surface area (Å²) < 4.78 is 13.1. The first kappa shape index (κ1) is 10.3. The Hall–Kier alpha value is -0.810. The summed E-state index contributed by atoms with van der Waals surface area (Å²) in [4.78, 5) is 10.5. The Labute approximate surface area is 87.2 Å². The second-order valence-electron chi connectivity index (χ2n) is 2.24. The predicted octanol–water partition coefficient (Wildman–Crippen LogP) is 2.73. The van der Waals surface area contributed by atoms with Crippen molar-refractivity contribution in [3.63, 3.8) is 0 Å². The van der Waals surface area contributed by atoms with Gasteiger partial charge in [-0.15, -0.1) is 0 Å². The minimum Gasteiger partial charge on any atom is -0.351 e. The highest BCUT2D eigenvalue weighted by atomic mass is 79.9. The second-order valence-corrected chi connectivity index (χ2v) is 3.47. The zero-order valence-electron chi connectivity index (χ0n) is 6.27. The van der Waals surface area contributed by atoms with Gasteiger partial charge in [0.15, 0.2) is 0 Å². The van der Waals surface area contributed by atoms with Crippen molar-refractivity contribution >= 4 is 39.2 Å². The van der Waals surface area contributed by atoms with Crippen LogP contribution < -0.4 is 11.1 Å². The Bertz CT molecular complexity index is 359. The summed E-state index contributed by atoms with van der Waals surface area (Å²) in [6.07, 6.45) is 0. The third kappa shape index (κ3) is 2.57. The number of carbonyl (C=O) groups excluding carboxylic acids is 1. The van der Waals surface area contributed by atoms with Crippen molar-refractivity contribution in [1.82, 2.24) is 0 Å². The van der Waals surface area contributed by atoms with Crippen molar-refractivity contribution in [2.45, 2.75) is 0 Å². The number of anilines is 1. The normalized spacial score (nSPS) is 9.77. The molecule has 6 heteroatoms. The number of rotatable bonds is 1. The van der Waals surface area contributed by atoms with E-state index in [4.69, 9.17) is 17.3 Å². The van der Waals surface area contributed by atoms with Gasteiger partial charge in [0, 0.05) is 5.02 Å². The fourth-order valence-corrected chi connectivity index (χ4v) is 1.31. The molecule has 0 fully saturated rings. The van der Waals surface area contributed by atoms with Gasteiger partial charge in [-0.2, -0.15) is 0 Å². The van der Waals surface area contributed by atoms with Crippen molar-refractivity contribution in [3.8, 4) is 0 Å². The minimum absolute atomic E-state index is 0.121. The van der Waals surface area contributed by atoms with Crippen LogP contribution >= 0.6 is 27.5 Å². The molecule has 0 atom stereocenters. The lowest BCUT2D eigenvalue weighted by molar-refractivity contribution is 0.259. The molecule has 1 aromatic rings. The van der Waals surface area contributed by atoms with Crippen LogP contribution in [0.15, 0.2) is 16.6 Å². The fraction of sp³-hybridized carbons (Fsp3) is 0. The van der Waals surface area contributed by atoms with Crippen molar-refractivity contribution in [2.75, 3.05) is 5.32 Å². The third-order valence-electron chi connectivity index (χ3n) is 1.25. The number of benzene rings is 1. The minimum atomic E-state index is -0.776. The lowest BCUT2D eigenvalue weighted by Crippen LogP contribution is -2.19. The Morgan fingerprint density at radius 2 is 2.23 bits per heavy atom. The highest BCUT2D eigenvalue weighted by Crippen LogP contribution is 2.29. The first-order valence-electron chi connectivity index (χ1n) is 3.21. The molecule has 1 aromatic carbocycles. The third-order valence-corrected chi connectivity index (χ3v) is 2.28. The molecule has 0 aromatic heterocycles. The summed E-state index contributed by atoms with van der Waals surface area (Å²) >= 11 is 8.49. The van der Waals surface area contributed by atoms with Crippen LogP contribution in [0.5, 0.6) is 0 Å². The van der Waals surface area contributed by atoms with Gasteiger partial charge in [0.2, 0.25) is 0 Å². The van der Waals surface area contributed by atoms with Gasteiger partial charge in [0.25, 0.3) is 0 Å². The van der Waals surface area contributed by atoms with Crippen LogP contribution in [-0.2, 0) is 0 Å². The van der Waals surface area contributed by atoms with Crippen LogP contribution in [0.25, 0.3) is 0 Å². The first-order chi connectivity index (χ1) is 6.00. The van der Waals surface area contributed by atoms with Crippen molar-refractivity contribution in [1.29, 1.82) is 0 Å². The Balaban J connectivity index is 3.12. The maximum absolute atomic E-state index is 13.0. The zero-order chi connectivity index (χ0) is 10.0. The quantitative estimate of drug-likeness (QED) is 0.755. The molecule has 3 nitrogen and oxygen atoms in total. The number of primary amides is 1. The molecule has 0 spiro atoms. The van der Waals surface area contributed by atoms with E-state index < -0.39 is 11.8 Å². The second kappa shape index (κ2) is 3.93. The smallest absolute Gasteiger partial charge is 0.316 e. The summed E-state index contributed by atoms with van der Waals surface area (Å²) in [5.74, 6) is -0.559. The molecule has 0 bridgehead atoms. The Morgan fingerprint density at radius 1 is 1.62 bits per heavy atom. The number of nitrogens with one attached hydrogen (secondary N) is 1. The summed E-state index contributed by atoms with van der Waals surface area (Å²) in [6.45, 7) is 0. The van der Waals surface area contributed by atoms with Crippen LogP contribution in [0.3, 0.4) is 0 Å². The maximum atomic E-state index is 13.0. The molecule has 13 heavy (non-hydrogen) atoms. The van der Waals surface area contributed by atoms with Gasteiger partial charge in [0.05, 0.1) is 10.2 Å². The number of urea groups is 1. The molecule has 3 N–H and O–H groups in total. The molecule has 0 unspecified atom stereocenters. The van der Waals surface area contributed by atoms with Crippen LogP contribution in [-0.4, -0.2) is 6.03 Å². The van der Waals surface area contributed by atoms with Crippen LogP contribution in [0, 0.1) is 5.82 Å². The van der Waals surface area contributed by atoms with E-state index >= 15 is 0 Å². The van der Waals surface area contributed by atoms with Crippen LogP contribution in [0.2, 0.25) is 5.02 Å². The van der Waals surface area contributed by atoms with E-state index in [1.54, 1.807) is 0 Å². The van der Waals surface area contributed by atoms with Crippen molar-refractivity contribution in [3.05, 3.63) is 27.4 Å². The van der Waals surface area contributed by atoms with Gasteiger partial charge in [-0.25, -0.2) is 9.18 Å². The van der Waals surface area contributed by atoms with E-state index in [1.165, 1.54) is 6.07 Å². The molecule has 0 saturated carbocycles. The number of amides is 2. The van der Waals surface area contributed by atoms with Gasteiger partial charge in [-0.1, -0.05) is 11.6 Å². The monoisotopic (exact) mass is 266 g/mol. The molecule has 0 radical (unpaired) electrons. The van der Waals surface area contributed by atoms with E-state index in [0.29, 0.717) is 0 Å². The van der Waals surface area contributed by atoms with E-state index in [-0.39, 0.29) is 15.2 Å². The predicted molar refractivity (Wildman–Crippen MR) is 52.3 cm³/mol. The maximum Gasteiger partial charge on any atom is 0.316 e. The van der Waals surface area contributed by atoms with Crippen LogP contribution in [0.4, 0.5) is 14.9 Å². The summed E-state index contributed by atoms with van der Waals surface area (Å²) in [6, 6.07) is 1.74. The van der Waals surface area contributed by atoms with E-state index in [9.17, 15) is 9.18 Å². The summed E-state index contributed by atoms with van der Waals surface area (Å²) in [7, 11) is 0. The first-order valence-corrected chi connectivity index (χ1v) is 4.39. The molecule has 0 aliphatic carbocycles. The molecule has 0 heterocycles. The molecular weight excluding hydrogens is 262 g/mol. The average Bonchev–Trinajstić information content (AvgIpc) is 1.98. The molecular formula is C7H5BrClFN2O. The van der Waals surface area contributed by atoms with Gasteiger partial charge >= 0.3 is 6.03 Å². The van der Waals surface area contributed by atoms with E-state index in [2.05, 4.69) is 21.2 Å². The fourth-order valence-electron chi connectivity index (χ4n) is 0.780. The molecule has 0 aliphatic heterocycles. The van der Waals surface area contributed by atoms with Crippen molar-refractivity contribution in [2.24, 2.45) is 5.73 Å². The number of hydrogen-bond donors (Lipinski definition) is 2. The number of carbonyl (C=O) groups is 1. The number of hydrogen-bond acceptors (Lipinski definition) is 1.